The average molecular weight is 949 g/mol. The minimum atomic E-state index is -4.06. The molecule has 8 rings (SSSR count). The lowest BCUT2D eigenvalue weighted by Gasteiger charge is -2.62. The standard InChI is InChI=1S/C26H45NO6S.C26H43NO5/c1-16(4-7-23(30)27-12-13-34(31,32)33)19-5-6-20-24-21(9-11-26(19,20)3)25(2)10-8-18(28)14-17(25)15-22(24)29;1-15(4-7-22(30)27-14-23(31)32)18-5-6-19-24-20(9-11-26(18,19)3)25(2)10-8-17(28)12-16(25)13-21(24)29/h16-22,24,28-29H,4-15H2,1-3H3,(H,27,30)(H,31,32,33);15-21,24,28-29H,4-14H2,1-3H3,(H,27,30)(H,31,32)/t16-,17?,18-,19-,20?,21?,22-,24?,25+,26-;15-,16?,17-,18-,19+,20+,21-,24+,25+,26-/m11/s1. The number of carbonyl (C=O) groups is 3. The number of carboxylic acid groups (broad SMARTS) is 1. The monoisotopic (exact) mass is 949 g/mol. The van der Waals surface area contributed by atoms with Crippen LogP contribution in [0.3, 0.4) is 0 Å². The lowest BCUT2D eigenvalue weighted by molar-refractivity contribution is -0.174. The molecule has 0 aromatic carbocycles. The Labute approximate surface area is 395 Å². The summed E-state index contributed by atoms with van der Waals surface area (Å²) in [7, 11) is -4.06. The molecule has 8 fully saturated rings. The molecule has 2 amide bonds. The van der Waals surface area contributed by atoms with Crippen molar-refractivity contribution < 1.29 is 52.9 Å². The van der Waals surface area contributed by atoms with Crippen LogP contribution in [0.1, 0.15) is 170 Å². The van der Waals surface area contributed by atoms with E-state index < -0.39 is 21.8 Å². The molecule has 66 heavy (non-hydrogen) atoms. The predicted octanol–water partition coefficient (Wildman–Crippen LogP) is 6.99. The SMILES string of the molecule is C[C@H](CCC(=O)NCC(=O)O)[C@H]1CC[C@H]2[C@@H]3[C@H](O)CC4C[C@H](O)CC[C@]4(C)[C@H]3CC[C@]12C.C[C@H](CCC(=O)NCCS(=O)(=O)O)[C@H]1CCC2C3C(CC[C@@]21C)[C@@]1(C)CC[C@@H](O)CC1C[C@H]3O. The van der Waals surface area contributed by atoms with Gasteiger partial charge in [-0.3, -0.25) is 18.9 Å². The van der Waals surface area contributed by atoms with E-state index in [1.54, 1.807) is 0 Å². The summed E-state index contributed by atoms with van der Waals surface area (Å²) in [6.07, 6.45) is 17.9. The van der Waals surface area contributed by atoms with Crippen molar-refractivity contribution >= 4 is 27.9 Å². The van der Waals surface area contributed by atoms with E-state index in [2.05, 4.69) is 52.2 Å². The van der Waals surface area contributed by atoms with Gasteiger partial charge in [-0.15, -0.1) is 0 Å². The Morgan fingerprint density at radius 2 is 0.970 bits per heavy atom. The van der Waals surface area contributed by atoms with Crippen molar-refractivity contribution in [3.63, 3.8) is 0 Å². The molecule has 0 saturated heterocycles. The fraction of sp³-hybridized carbons (Fsp3) is 0.942. The smallest absolute Gasteiger partial charge is 0.322 e. The van der Waals surface area contributed by atoms with E-state index in [-0.39, 0.29) is 71.0 Å². The zero-order valence-corrected chi connectivity index (χ0v) is 42.0. The third-order valence-electron chi connectivity index (χ3n) is 21.6. The van der Waals surface area contributed by atoms with Crippen molar-refractivity contribution in [3.05, 3.63) is 0 Å². The zero-order valence-electron chi connectivity index (χ0n) is 41.1. The number of fused-ring (bicyclic) bond motifs is 10. The van der Waals surface area contributed by atoms with Crippen molar-refractivity contribution in [2.75, 3.05) is 18.8 Å². The molecule has 20 atom stereocenters. The van der Waals surface area contributed by atoms with Gasteiger partial charge in [0.2, 0.25) is 11.8 Å². The van der Waals surface area contributed by atoms with E-state index >= 15 is 0 Å². The summed E-state index contributed by atoms with van der Waals surface area (Å²) < 4.78 is 30.5. The largest absolute Gasteiger partial charge is 0.480 e. The number of aliphatic carboxylic acids is 1. The highest BCUT2D eigenvalue weighted by Crippen LogP contribution is 2.70. The van der Waals surface area contributed by atoms with Crippen LogP contribution in [0.5, 0.6) is 0 Å². The summed E-state index contributed by atoms with van der Waals surface area (Å²) in [6, 6.07) is 0. The van der Waals surface area contributed by atoms with Crippen LogP contribution in [0.2, 0.25) is 0 Å². The second-order valence-electron chi connectivity index (χ2n) is 24.7. The maximum atomic E-state index is 12.2. The Kier molecular flexibility index (Phi) is 15.8. The molecule has 0 aromatic heterocycles. The summed E-state index contributed by atoms with van der Waals surface area (Å²) in [4.78, 5) is 34.9. The van der Waals surface area contributed by atoms with Crippen LogP contribution >= 0.6 is 0 Å². The summed E-state index contributed by atoms with van der Waals surface area (Å²) in [5.74, 6) is 3.76. The molecular formula is C52H88N2O11S. The maximum Gasteiger partial charge on any atom is 0.322 e. The third kappa shape index (κ3) is 10.3. The number of hydrogen-bond acceptors (Lipinski definition) is 9. The minimum Gasteiger partial charge on any atom is -0.480 e. The molecule has 5 unspecified atom stereocenters. The number of hydrogen-bond donors (Lipinski definition) is 8. The summed E-state index contributed by atoms with van der Waals surface area (Å²) in [5, 5.41) is 57.0. The van der Waals surface area contributed by atoms with Crippen LogP contribution in [0.4, 0.5) is 0 Å². The van der Waals surface area contributed by atoms with Gasteiger partial charge in [0.25, 0.3) is 10.1 Å². The van der Waals surface area contributed by atoms with Gasteiger partial charge in [0.15, 0.2) is 0 Å². The molecule has 0 aliphatic heterocycles. The van der Waals surface area contributed by atoms with Crippen molar-refractivity contribution in [1.82, 2.24) is 10.6 Å². The Balaban J connectivity index is 0.000000197. The van der Waals surface area contributed by atoms with Crippen molar-refractivity contribution in [1.29, 1.82) is 0 Å². The molecule has 0 aromatic rings. The van der Waals surface area contributed by atoms with E-state index in [9.17, 15) is 43.2 Å². The zero-order chi connectivity index (χ0) is 48.1. The average Bonchev–Trinajstić information content (AvgIpc) is 3.79. The lowest BCUT2D eigenvalue weighted by Crippen LogP contribution is -2.58. The maximum absolute atomic E-state index is 12.2. The number of aliphatic hydroxyl groups is 4. The van der Waals surface area contributed by atoms with Gasteiger partial charge in [-0.05, 0) is 208 Å². The number of rotatable bonds is 13. The molecule has 14 heteroatoms. The molecule has 13 nitrogen and oxygen atoms in total. The quantitative estimate of drug-likeness (QED) is 0.0877. The van der Waals surface area contributed by atoms with Crippen LogP contribution in [0.25, 0.3) is 0 Å². The predicted molar refractivity (Wildman–Crippen MR) is 252 cm³/mol. The highest BCUT2D eigenvalue weighted by Gasteiger charge is 2.64. The Hall–Kier alpha value is -1.84. The highest BCUT2D eigenvalue weighted by atomic mass is 32.2. The number of nitrogens with one attached hydrogen (secondary N) is 2. The van der Waals surface area contributed by atoms with E-state index in [1.165, 1.54) is 19.3 Å². The number of carbonyl (C=O) groups excluding carboxylic acids is 2. The van der Waals surface area contributed by atoms with E-state index in [0.29, 0.717) is 83.9 Å². The van der Waals surface area contributed by atoms with Gasteiger partial charge in [-0.2, -0.15) is 8.42 Å². The second kappa shape index (κ2) is 20.1. The van der Waals surface area contributed by atoms with Gasteiger partial charge >= 0.3 is 5.97 Å². The van der Waals surface area contributed by atoms with Gasteiger partial charge in [0.05, 0.1) is 30.2 Å². The summed E-state index contributed by atoms with van der Waals surface area (Å²) in [6.45, 7) is 13.9. The Morgan fingerprint density at radius 3 is 1.38 bits per heavy atom. The third-order valence-corrected chi connectivity index (χ3v) is 22.3. The van der Waals surface area contributed by atoms with Crippen molar-refractivity contribution in [2.45, 2.75) is 194 Å². The van der Waals surface area contributed by atoms with Gasteiger partial charge < -0.3 is 36.2 Å². The molecule has 0 bridgehead atoms. The molecule has 8 aliphatic carbocycles. The first-order valence-corrected chi connectivity index (χ1v) is 27.9. The van der Waals surface area contributed by atoms with Crippen LogP contribution < -0.4 is 10.6 Å². The van der Waals surface area contributed by atoms with Crippen molar-refractivity contribution in [2.24, 2.45) is 92.7 Å². The van der Waals surface area contributed by atoms with Gasteiger partial charge in [-0.1, -0.05) is 41.5 Å². The lowest BCUT2D eigenvalue weighted by atomic mass is 9.43. The minimum absolute atomic E-state index is 0.0625. The molecule has 8 aliphatic rings. The summed E-state index contributed by atoms with van der Waals surface area (Å²) in [5.41, 5.74) is 0.863. The highest BCUT2D eigenvalue weighted by molar-refractivity contribution is 7.85. The molecule has 378 valence electrons. The normalized spacial score (nSPS) is 45.7. The number of carboxylic acids is 1. The first-order chi connectivity index (χ1) is 30.9. The first-order valence-electron chi connectivity index (χ1n) is 26.3. The first kappa shape index (κ1) is 52.0. The van der Waals surface area contributed by atoms with E-state index in [0.717, 1.165) is 96.3 Å². The van der Waals surface area contributed by atoms with Crippen molar-refractivity contribution in [3.8, 4) is 0 Å². The molecular weight excluding hydrogens is 861 g/mol. The van der Waals surface area contributed by atoms with Gasteiger partial charge in [0.1, 0.15) is 6.54 Å². The Morgan fingerprint density at radius 1 is 0.576 bits per heavy atom. The number of amides is 2. The van der Waals surface area contributed by atoms with Crippen LogP contribution in [-0.4, -0.2) is 99.5 Å². The van der Waals surface area contributed by atoms with E-state index in [4.69, 9.17) is 9.66 Å². The topological polar surface area (TPSA) is 231 Å². The second-order valence-corrected chi connectivity index (χ2v) is 26.3. The van der Waals surface area contributed by atoms with Gasteiger partial charge in [0, 0.05) is 19.4 Å². The molecule has 0 radical (unpaired) electrons. The number of aliphatic hydroxyl groups excluding tert-OH is 4. The van der Waals surface area contributed by atoms with Crippen LogP contribution in [-0.2, 0) is 24.5 Å². The summed E-state index contributed by atoms with van der Waals surface area (Å²) >= 11 is 0. The van der Waals surface area contributed by atoms with E-state index in [1.807, 2.05) is 0 Å². The molecule has 0 spiro atoms. The van der Waals surface area contributed by atoms with Crippen LogP contribution in [0.15, 0.2) is 0 Å². The van der Waals surface area contributed by atoms with Crippen LogP contribution in [0, 0.1) is 92.7 Å². The fourth-order valence-electron chi connectivity index (χ4n) is 18.1. The molecule has 8 saturated carbocycles. The van der Waals surface area contributed by atoms with Gasteiger partial charge in [-0.25, -0.2) is 0 Å². The molecule has 0 heterocycles. The molecule has 8 N–H and O–H groups in total. The fourth-order valence-corrected chi connectivity index (χ4v) is 18.5. The Bertz CT molecular complexity index is 1850.